The minimum atomic E-state index is 0.387. The van der Waals surface area contributed by atoms with Gasteiger partial charge in [0.2, 0.25) is 5.88 Å². The van der Waals surface area contributed by atoms with Crippen molar-refractivity contribution in [2.75, 3.05) is 0 Å². The molecule has 2 rings (SSSR count). The molecule has 1 aromatic heterocycles. The summed E-state index contributed by atoms with van der Waals surface area (Å²) in [5.41, 5.74) is 1.97. The van der Waals surface area contributed by atoms with Crippen molar-refractivity contribution in [3.05, 3.63) is 39.5 Å². The number of ether oxygens (including phenoxy) is 1. The lowest BCUT2D eigenvalue weighted by atomic mass is 10.2. The molecule has 1 aromatic carbocycles. The first-order valence-corrected chi connectivity index (χ1v) is 7.52. The predicted molar refractivity (Wildman–Crippen MR) is 86.5 cm³/mol. The summed E-state index contributed by atoms with van der Waals surface area (Å²) < 4.78 is 7.67. The normalized spacial score (nSPS) is 11.2. The third kappa shape index (κ3) is 4.13. The summed E-state index contributed by atoms with van der Waals surface area (Å²) in [4.78, 5) is 0. The second kappa shape index (κ2) is 6.69. The molecule has 21 heavy (non-hydrogen) atoms. The Morgan fingerprint density at radius 3 is 2.43 bits per heavy atom. The number of nitrogens with zero attached hydrogens (tertiary/aromatic N) is 2. The highest BCUT2D eigenvalue weighted by atomic mass is 35.5. The summed E-state index contributed by atoms with van der Waals surface area (Å²) in [5, 5.41) is 8.88. The van der Waals surface area contributed by atoms with Crippen LogP contribution in [0.3, 0.4) is 0 Å². The van der Waals surface area contributed by atoms with Crippen LogP contribution in [0, 0.1) is 6.92 Å². The molecule has 0 saturated heterocycles. The van der Waals surface area contributed by atoms with Crippen molar-refractivity contribution in [1.82, 2.24) is 15.1 Å². The fourth-order valence-corrected chi connectivity index (χ4v) is 2.52. The molecule has 0 bridgehead atoms. The minimum Gasteiger partial charge on any atom is -0.439 e. The summed E-state index contributed by atoms with van der Waals surface area (Å²) in [7, 11) is 1.85. The van der Waals surface area contributed by atoms with Gasteiger partial charge >= 0.3 is 0 Å². The molecule has 0 aliphatic carbocycles. The van der Waals surface area contributed by atoms with E-state index >= 15 is 0 Å². The van der Waals surface area contributed by atoms with E-state index in [0.717, 1.165) is 11.3 Å². The number of rotatable bonds is 5. The van der Waals surface area contributed by atoms with E-state index in [0.29, 0.717) is 34.3 Å². The standard InChI is InChI=1S/C15H19Cl2N3O/c1-9(2)18-8-14-10(3)19-20(4)15(14)21-13-6-11(16)5-12(17)7-13/h5-7,9,18H,8H2,1-4H3. The molecule has 0 radical (unpaired) electrons. The van der Waals surface area contributed by atoms with E-state index in [9.17, 15) is 0 Å². The molecule has 0 fully saturated rings. The van der Waals surface area contributed by atoms with Crippen LogP contribution in [-0.2, 0) is 13.6 Å². The Bertz CT molecular complexity index is 618. The molecule has 0 atom stereocenters. The molecule has 0 saturated carbocycles. The number of aryl methyl sites for hydroxylation is 2. The first-order valence-electron chi connectivity index (χ1n) is 6.76. The number of benzene rings is 1. The molecule has 2 aromatic rings. The summed E-state index contributed by atoms with van der Waals surface area (Å²) in [6.45, 7) is 6.86. The number of aromatic nitrogens is 2. The molecule has 0 amide bonds. The van der Waals surface area contributed by atoms with Gasteiger partial charge in [0.15, 0.2) is 0 Å². The molecule has 0 unspecified atom stereocenters. The van der Waals surface area contributed by atoms with Crippen LogP contribution in [0.5, 0.6) is 11.6 Å². The van der Waals surface area contributed by atoms with Crippen LogP contribution >= 0.6 is 23.2 Å². The van der Waals surface area contributed by atoms with Gasteiger partial charge in [-0.15, -0.1) is 0 Å². The van der Waals surface area contributed by atoms with Crippen LogP contribution in [0.2, 0.25) is 10.0 Å². The van der Waals surface area contributed by atoms with E-state index in [4.69, 9.17) is 27.9 Å². The van der Waals surface area contributed by atoms with Crippen molar-refractivity contribution in [2.24, 2.45) is 7.05 Å². The zero-order valence-corrected chi connectivity index (χ0v) is 14.1. The van der Waals surface area contributed by atoms with Gasteiger partial charge in [-0.25, -0.2) is 4.68 Å². The molecule has 0 aliphatic heterocycles. The monoisotopic (exact) mass is 327 g/mol. The maximum atomic E-state index is 6.00. The summed E-state index contributed by atoms with van der Waals surface area (Å²) in [6, 6.07) is 5.52. The van der Waals surface area contributed by atoms with Gasteiger partial charge in [-0.2, -0.15) is 5.10 Å². The third-order valence-corrected chi connectivity index (χ3v) is 3.46. The fourth-order valence-electron chi connectivity index (χ4n) is 2.02. The van der Waals surface area contributed by atoms with E-state index < -0.39 is 0 Å². The van der Waals surface area contributed by atoms with Gasteiger partial charge in [0.05, 0.1) is 11.3 Å². The molecular formula is C15H19Cl2N3O. The molecular weight excluding hydrogens is 309 g/mol. The second-order valence-corrected chi connectivity index (χ2v) is 6.11. The van der Waals surface area contributed by atoms with Crippen molar-refractivity contribution in [1.29, 1.82) is 0 Å². The van der Waals surface area contributed by atoms with Crippen LogP contribution in [0.15, 0.2) is 18.2 Å². The predicted octanol–water partition coefficient (Wildman–Crippen LogP) is 4.33. The number of hydrogen-bond donors (Lipinski definition) is 1. The van der Waals surface area contributed by atoms with Gasteiger partial charge in [0, 0.05) is 29.7 Å². The Morgan fingerprint density at radius 1 is 1.24 bits per heavy atom. The molecule has 114 valence electrons. The van der Waals surface area contributed by atoms with Crippen LogP contribution < -0.4 is 10.1 Å². The molecule has 0 aliphatic rings. The van der Waals surface area contributed by atoms with Crippen molar-refractivity contribution < 1.29 is 4.74 Å². The van der Waals surface area contributed by atoms with E-state index in [1.807, 2.05) is 14.0 Å². The molecule has 1 N–H and O–H groups in total. The SMILES string of the molecule is Cc1nn(C)c(Oc2cc(Cl)cc(Cl)c2)c1CNC(C)C. The van der Waals surface area contributed by atoms with Gasteiger partial charge in [-0.1, -0.05) is 37.0 Å². The van der Waals surface area contributed by atoms with Gasteiger partial charge in [0.1, 0.15) is 5.75 Å². The van der Waals surface area contributed by atoms with Crippen LogP contribution in [0.4, 0.5) is 0 Å². The lowest BCUT2D eigenvalue weighted by Crippen LogP contribution is -2.22. The fraction of sp³-hybridized carbons (Fsp3) is 0.400. The van der Waals surface area contributed by atoms with Gasteiger partial charge in [0.25, 0.3) is 0 Å². The van der Waals surface area contributed by atoms with Crippen molar-refractivity contribution in [3.63, 3.8) is 0 Å². The van der Waals surface area contributed by atoms with Gasteiger partial charge in [-0.3, -0.25) is 0 Å². The van der Waals surface area contributed by atoms with Crippen molar-refractivity contribution in [3.8, 4) is 11.6 Å². The molecule has 1 heterocycles. The number of halogens is 2. The van der Waals surface area contributed by atoms with E-state index in [1.54, 1.807) is 22.9 Å². The Labute approximate surface area is 135 Å². The lowest BCUT2D eigenvalue weighted by molar-refractivity contribution is 0.422. The molecule has 4 nitrogen and oxygen atoms in total. The van der Waals surface area contributed by atoms with Crippen molar-refractivity contribution >= 4 is 23.2 Å². The average Bonchev–Trinajstić information content (AvgIpc) is 2.60. The Kier molecular flexibility index (Phi) is 5.14. The van der Waals surface area contributed by atoms with E-state index in [1.165, 1.54) is 0 Å². The smallest absolute Gasteiger partial charge is 0.222 e. The largest absolute Gasteiger partial charge is 0.439 e. The van der Waals surface area contributed by atoms with Crippen LogP contribution in [0.25, 0.3) is 0 Å². The summed E-state index contributed by atoms with van der Waals surface area (Å²) >= 11 is 12.0. The Hall–Kier alpha value is -1.23. The highest BCUT2D eigenvalue weighted by Crippen LogP contribution is 2.31. The first kappa shape index (κ1) is 16.1. The van der Waals surface area contributed by atoms with E-state index in [-0.39, 0.29) is 0 Å². The third-order valence-electron chi connectivity index (χ3n) is 3.03. The zero-order valence-electron chi connectivity index (χ0n) is 12.6. The van der Waals surface area contributed by atoms with E-state index in [2.05, 4.69) is 24.3 Å². The average molecular weight is 328 g/mol. The Balaban J connectivity index is 2.30. The van der Waals surface area contributed by atoms with Gasteiger partial charge < -0.3 is 10.1 Å². The molecule has 6 heteroatoms. The summed E-state index contributed by atoms with van der Waals surface area (Å²) in [6.07, 6.45) is 0. The quantitative estimate of drug-likeness (QED) is 0.888. The zero-order chi connectivity index (χ0) is 15.6. The maximum Gasteiger partial charge on any atom is 0.222 e. The van der Waals surface area contributed by atoms with Crippen LogP contribution in [0.1, 0.15) is 25.1 Å². The van der Waals surface area contributed by atoms with Crippen molar-refractivity contribution in [2.45, 2.75) is 33.4 Å². The first-order chi connectivity index (χ1) is 9.86. The van der Waals surface area contributed by atoms with Gasteiger partial charge in [-0.05, 0) is 25.1 Å². The number of nitrogens with one attached hydrogen (secondary N) is 1. The highest BCUT2D eigenvalue weighted by Gasteiger charge is 2.16. The lowest BCUT2D eigenvalue weighted by Gasteiger charge is -2.12. The Morgan fingerprint density at radius 2 is 1.86 bits per heavy atom. The summed E-state index contributed by atoms with van der Waals surface area (Å²) in [5.74, 6) is 1.29. The second-order valence-electron chi connectivity index (χ2n) is 5.24. The molecule has 0 spiro atoms. The topological polar surface area (TPSA) is 39.1 Å². The highest BCUT2D eigenvalue weighted by molar-refractivity contribution is 6.34. The maximum absolute atomic E-state index is 6.00. The minimum absolute atomic E-state index is 0.387. The van der Waals surface area contributed by atoms with Crippen LogP contribution in [-0.4, -0.2) is 15.8 Å². The number of hydrogen-bond acceptors (Lipinski definition) is 3.